The van der Waals surface area contributed by atoms with E-state index in [0.717, 1.165) is 0 Å². The predicted octanol–water partition coefficient (Wildman–Crippen LogP) is 2.58. The number of rotatable bonds is 9. The number of fused-ring (bicyclic) bond motifs is 2. The van der Waals surface area contributed by atoms with E-state index in [1.807, 2.05) is 6.92 Å². The fraction of sp³-hybridized carbons (Fsp3) is 0.400. The smallest absolute Gasteiger partial charge is 0.355 e. The summed E-state index contributed by atoms with van der Waals surface area (Å²) < 4.78 is 32.5. The third kappa shape index (κ3) is 3.68. The SMILES string of the molecule is C=CCOC(=O)C1=C(CN2c3ccccc3CS2(=O)=O)C(C)C2C([C@@H](C)C(=O)CC=C)C(=O)N12. The molecule has 1 saturated heterocycles. The van der Waals surface area contributed by atoms with Crippen LogP contribution in [0.4, 0.5) is 5.69 Å². The maximum Gasteiger partial charge on any atom is 0.355 e. The standard InChI is InChI=1S/C25H28N2O6S/c1-5-9-20(28)16(4)21-22-15(3)18(23(27(22)24(21)29)25(30)33-12-6-2)13-26-19-11-8-7-10-17(19)14-34(26,31)32/h5-8,10-11,15-16,21-22H,1-2,9,12-14H2,3-4H3/t15?,16-,21?,22?/m0/s1. The number of carbonyl (C=O) groups is 3. The maximum atomic E-state index is 13.2. The van der Waals surface area contributed by atoms with Gasteiger partial charge in [-0.05, 0) is 17.2 Å². The Labute approximate surface area is 199 Å². The molecule has 3 aliphatic rings. The second-order valence-corrected chi connectivity index (χ2v) is 10.8. The van der Waals surface area contributed by atoms with Crippen molar-refractivity contribution in [2.24, 2.45) is 17.8 Å². The van der Waals surface area contributed by atoms with Crippen LogP contribution in [0.3, 0.4) is 0 Å². The molecular formula is C25H28N2O6S. The second kappa shape index (κ2) is 8.87. The molecule has 0 aromatic heterocycles. The van der Waals surface area contributed by atoms with Crippen molar-refractivity contribution in [1.82, 2.24) is 4.90 Å². The summed E-state index contributed by atoms with van der Waals surface area (Å²) in [4.78, 5) is 40.1. The van der Waals surface area contributed by atoms with Gasteiger partial charge in [-0.1, -0.05) is 50.8 Å². The molecule has 0 radical (unpaired) electrons. The normalized spacial score (nSPS) is 25.4. The van der Waals surface area contributed by atoms with Crippen LogP contribution in [0.25, 0.3) is 0 Å². The second-order valence-electron chi connectivity index (χ2n) is 8.91. The van der Waals surface area contributed by atoms with Gasteiger partial charge < -0.3 is 9.64 Å². The topological polar surface area (TPSA) is 101 Å². The molecule has 0 aliphatic carbocycles. The van der Waals surface area contributed by atoms with Gasteiger partial charge in [0.1, 0.15) is 18.1 Å². The van der Waals surface area contributed by atoms with Crippen LogP contribution < -0.4 is 4.31 Å². The van der Waals surface area contributed by atoms with E-state index >= 15 is 0 Å². The Morgan fingerprint density at radius 1 is 1.24 bits per heavy atom. The highest BCUT2D eigenvalue weighted by Gasteiger charge is 2.61. The van der Waals surface area contributed by atoms with Gasteiger partial charge in [0.2, 0.25) is 15.9 Å². The summed E-state index contributed by atoms with van der Waals surface area (Å²) in [6.07, 6.45) is 3.09. The molecule has 4 atom stereocenters. The number of ether oxygens (including phenoxy) is 1. The molecule has 1 amide bonds. The minimum Gasteiger partial charge on any atom is -0.457 e. The van der Waals surface area contributed by atoms with Crippen molar-refractivity contribution < 1.29 is 27.5 Å². The van der Waals surface area contributed by atoms with Crippen LogP contribution in [-0.4, -0.2) is 50.2 Å². The molecule has 8 nitrogen and oxygen atoms in total. The Kier molecular flexibility index (Phi) is 6.24. The average Bonchev–Trinajstić information content (AvgIpc) is 3.20. The molecule has 1 fully saturated rings. The van der Waals surface area contributed by atoms with E-state index in [9.17, 15) is 22.8 Å². The minimum absolute atomic E-state index is 0.0425. The molecular weight excluding hydrogens is 456 g/mol. The summed E-state index contributed by atoms with van der Waals surface area (Å²) in [5, 5.41) is 0. The van der Waals surface area contributed by atoms with Crippen molar-refractivity contribution in [3.63, 3.8) is 0 Å². The van der Waals surface area contributed by atoms with Crippen LogP contribution in [0.2, 0.25) is 0 Å². The highest BCUT2D eigenvalue weighted by atomic mass is 32.2. The van der Waals surface area contributed by atoms with Crippen molar-refractivity contribution in [3.05, 3.63) is 66.4 Å². The highest BCUT2D eigenvalue weighted by Crippen LogP contribution is 2.50. The number of esters is 1. The van der Waals surface area contributed by atoms with E-state index in [1.165, 1.54) is 21.4 Å². The largest absolute Gasteiger partial charge is 0.457 e. The van der Waals surface area contributed by atoms with Crippen molar-refractivity contribution in [2.45, 2.75) is 32.1 Å². The molecule has 34 heavy (non-hydrogen) atoms. The first kappa shape index (κ1) is 23.9. The van der Waals surface area contributed by atoms with E-state index in [2.05, 4.69) is 13.2 Å². The molecule has 0 bridgehead atoms. The minimum atomic E-state index is -3.64. The molecule has 9 heteroatoms. The number of para-hydroxylation sites is 1. The quantitative estimate of drug-likeness (QED) is 0.303. The lowest BCUT2D eigenvalue weighted by Gasteiger charge is -2.47. The van der Waals surface area contributed by atoms with E-state index in [0.29, 0.717) is 16.8 Å². The lowest BCUT2D eigenvalue weighted by molar-refractivity contribution is -0.162. The number of hydrogen-bond acceptors (Lipinski definition) is 6. The summed E-state index contributed by atoms with van der Waals surface area (Å²) in [7, 11) is -3.64. The monoisotopic (exact) mass is 484 g/mol. The fourth-order valence-corrected chi connectivity index (χ4v) is 6.84. The maximum absolute atomic E-state index is 13.2. The first-order valence-electron chi connectivity index (χ1n) is 11.2. The number of amides is 1. The third-order valence-electron chi connectivity index (χ3n) is 6.96. The number of ketones is 1. The molecule has 180 valence electrons. The lowest BCUT2D eigenvalue weighted by Crippen LogP contribution is -2.63. The number of carbonyl (C=O) groups excluding carboxylic acids is 3. The van der Waals surface area contributed by atoms with Gasteiger partial charge in [0.05, 0.1) is 29.9 Å². The van der Waals surface area contributed by atoms with Crippen molar-refractivity contribution >= 4 is 33.4 Å². The Morgan fingerprint density at radius 2 is 1.94 bits per heavy atom. The van der Waals surface area contributed by atoms with Gasteiger partial charge >= 0.3 is 5.97 Å². The zero-order valence-corrected chi connectivity index (χ0v) is 20.1. The Morgan fingerprint density at radius 3 is 2.62 bits per heavy atom. The van der Waals surface area contributed by atoms with Crippen molar-refractivity contribution in [2.75, 3.05) is 17.5 Å². The number of anilines is 1. The van der Waals surface area contributed by atoms with E-state index in [1.54, 1.807) is 31.2 Å². The molecule has 0 saturated carbocycles. The zero-order valence-electron chi connectivity index (χ0n) is 19.3. The van der Waals surface area contributed by atoms with Crippen LogP contribution in [-0.2, 0) is 34.9 Å². The van der Waals surface area contributed by atoms with Crippen molar-refractivity contribution in [3.8, 4) is 0 Å². The number of Topliss-reactive ketones (excluding diaryl/α,β-unsaturated/α-hetero) is 1. The van der Waals surface area contributed by atoms with Crippen LogP contribution >= 0.6 is 0 Å². The molecule has 3 heterocycles. The summed E-state index contributed by atoms with van der Waals surface area (Å²) in [5.74, 6) is -2.72. The zero-order chi connectivity index (χ0) is 24.8. The first-order valence-corrected chi connectivity index (χ1v) is 12.8. The van der Waals surface area contributed by atoms with Crippen LogP contribution in [0, 0.1) is 17.8 Å². The average molecular weight is 485 g/mol. The van der Waals surface area contributed by atoms with Gasteiger partial charge in [-0.25, -0.2) is 13.2 Å². The Bertz CT molecular complexity index is 1220. The number of allylic oxidation sites excluding steroid dienone is 1. The van der Waals surface area contributed by atoms with Crippen LogP contribution in [0.15, 0.2) is 60.8 Å². The van der Waals surface area contributed by atoms with Crippen molar-refractivity contribution in [1.29, 1.82) is 0 Å². The molecule has 1 aromatic rings. The number of benzene rings is 1. The summed E-state index contributed by atoms with van der Waals surface area (Å²) in [6, 6.07) is 6.62. The Hall–Kier alpha value is -3.20. The number of nitrogens with zero attached hydrogens (tertiary/aromatic N) is 2. The molecule has 3 unspecified atom stereocenters. The summed E-state index contributed by atoms with van der Waals surface area (Å²) >= 11 is 0. The molecule has 4 rings (SSSR count). The summed E-state index contributed by atoms with van der Waals surface area (Å²) in [5.41, 5.74) is 1.83. The van der Waals surface area contributed by atoms with Crippen LogP contribution in [0.1, 0.15) is 25.8 Å². The number of β-lactam (4-membered cyclic amide) rings is 1. The highest BCUT2D eigenvalue weighted by molar-refractivity contribution is 7.92. The van der Waals surface area contributed by atoms with Gasteiger partial charge in [-0.3, -0.25) is 13.9 Å². The predicted molar refractivity (Wildman–Crippen MR) is 127 cm³/mol. The first-order chi connectivity index (χ1) is 16.1. The molecule has 0 spiro atoms. The van der Waals surface area contributed by atoms with Gasteiger partial charge in [-0.15, -0.1) is 6.58 Å². The Balaban J connectivity index is 1.72. The lowest BCUT2D eigenvalue weighted by atomic mass is 9.72. The molecule has 1 aromatic carbocycles. The van der Waals surface area contributed by atoms with E-state index in [4.69, 9.17) is 4.74 Å². The van der Waals surface area contributed by atoms with Gasteiger partial charge in [-0.2, -0.15) is 0 Å². The number of hydrogen-bond donors (Lipinski definition) is 0. The van der Waals surface area contributed by atoms with Crippen LogP contribution in [0.5, 0.6) is 0 Å². The van der Waals surface area contributed by atoms with E-state index < -0.39 is 33.9 Å². The fourth-order valence-electron chi connectivity index (χ4n) is 5.23. The molecule has 3 aliphatic heterocycles. The van der Waals surface area contributed by atoms with Gasteiger partial charge in [0.25, 0.3) is 0 Å². The number of sulfonamides is 1. The van der Waals surface area contributed by atoms with Gasteiger partial charge in [0, 0.05) is 18.3 Å². The summed E-state index contributed by atoms with van der Waals surface area (Å²) in [6.45, 7) is 10.6. The third-order valence-corrected chi connectivity index (χ3v) is 8.63. The van der Waals surface area contributed by atoms with Gasteiger partial charge in [0.15, 0.2) is 0 Å². The van der Waals surface area contributed by atoms with E-state index in [-0.39, 0.29) is 48.6 Å². The molecule has 0 N–H and O–H groups in total.